The van der Waals surface area contributed by atoms with Gasteiger partial charge in [0.05, 0.1) is 18.2 Å². The lowest BCUT2D eigenvalue weighted by Gasteiger charge is -2.23. The van der Waals surface area contributed by atoms with Crippen molar-refractivity contribution in [1.82, 2.24) is 0 Å². The van der Waals surface area contributed by atoms with Gasteiger partial charge in [0.2, 0.25) is 0 Å². The number of aliphatic imine (C=N–C) groups is 1. The second-order valence-corrected chi connectivity index (χ2v) is 7.50. The molecule has 0 heterocycles. The van der Waals surface area contributed by atoms with Crippen LogP contribution in [0.3, 0.4) is 0 Å². The van der Waals surface area contributed by atoms with E-state index < -0.39 is 0 Å². The molecule has 0 aromatic heterocycles. The molecule has 0 spiro atoms. The molecule has 0 aliphatic carbocycles. The maximum atomic E-state index is 15.1. The Balaban J connectivity index is 2.78. The lowest BCUT2D eigenvalue weighted by atomic mass is 9.85. The second kappa shape index (κ2) is 11.3. The molecular formula is C26H32FN3. The van der Waals surface area contributed by atoms with Crippen LogP contribution >= 0.6 is 0 Å². The summed E-state index contributed by atoms with van der Waals surface area (Å²) in [5.41, 5.74) is 5.96. The number of nitrogens with one attached hydrogen (secondary N) is 1. The molecule has 0 bridgehead atoms. The highest BCUT2D eigenvalue weighted by Gasteiger charge is 2.22. The number of unbranched alkanes of at least 4 members (excludes halogenated alkanes) is 1. The predicted octanol–water partition coefficient (Wildman–Crippen LogP) is 7.69. The first-order valence-electron chi connectivity index (χ1n) is 10.7. The van der Waals surface area contributed by atoms with Gasteiger partial charge in [-0.15, -0.1) is 0 Å². The van der Waals surface area contributed by atoms with E-state index in [1.54, 1.807) is 18.5 Å². The Kier molecular flexibility index (Phi) is 8.80. The largest absolute Gasteiger partial charge is 0.362 e. The monoisotopic (exact) mass is 405 g/mol. The number of nitriles is 1. The summed E-state index contributed by atoms with van der Waals surface area (Å²) < 4.78 is 15.1. The van der Waals surface area contributed by atoms with E-state index >= 15 is 4.39 Å². The normalized spacial score (nSPS) is 12.0. The second-order valence-electron chi connectivity index (χ2n) is 7.50. The number of benzene rings is 2. The van der Waals surface area contributed by atoms with Crippen molar-refractivity contribution in [2.24, 2.45) is 4.99 Å². The fraction of sp³-hybridized carbons (Fsp3) is 0.385. The number of aryl methyl sites for hydroxylation is 1. The summed E-state index contributed by atoms with van der Waals surface area (Å²) >= 11 is 0. The van der Waals surface area contributed by atoms with E-state index in [2.05, 4.69) is 55.9 Å². The third kappa shape index (κ3) is 5.16. The van der Waals surface area contributed by atoms with Gasteiger partial charge in [0, 0.05) is 17.5 Å². The number of hydrogen-bond acceptors (Lipinski definition) is 3. The summed E-state index contributed by atoms with van der Waals surface area (Å²) in [5.74, 6) is -0.197. The van der Waals surface area contributed by atoms with Gasteiger partial charge in [-0.2, -0.15) is 5.26 Å². The minimum absolute atomic E-state index is 0.00700. The first-order valence-corrected chi connectivity index (χ1v) is 10.7. The Morgan fingerprint density at radius 1 is 1.30 bits per heavy atom. The van der Waals surface area contributed by atoms with Gasteiger partial charge in [0.1, 0.15) is 5.82 Å². The first-order chi connectivity index (χ1) is 14.5. The average molecular weight is 406 g/mol. The molecule has 0 unspecified atom stereocenters. The molecule has 0 fully saturated rings. The highest BCUT2D eigenvalue weighted by Crippen LogP contribution is 2.41. The zero-order valence-electron chi connectivity index (χ0n) is 18.6. The highest BCUT2D eigenvalue weighted by molar-refractivity contribution is 5.80. The molecule has 2 aromatic rings. The van der Waals surface area contributed by atoms with E-state index in [9.17, 15) is 5.26 Å². The quantitative estimate of drug-likeness (QED) is 0.412. The van der Waals surface area contributed by atoms with E-state index in [-0.39, 0.29) is 18.2 Å². The van der Waals surface area contributed by atoms with Gasteiger partial charge >= 0.3 is 0 Å². The molecule has 0 aliphatic heterocycles. The zero-order valence-corrected chi connectivity index (χ0v) is 18.6. The standard InChI is InChI=1S/C26H32FN3/c1-6-10-11-19-12-13-20(16-24(19)29-8-3)22-17-23(27)21(14-15-28)26(30-9-4)25(22)18(5)7-2/h8-9,12-13,16-18,30H,4,6-7,10-11,14H2,1-3,5H3/b29-8-/t18-/m1/s1. The minimum Gasteiger partial charge on any atom is -0.362 e. The van der Waals surface area contributed by atoms with Crippen LogP contribution in [-0.4, -0.2) is 6.21 Å². The van der Waals surface area contributed by atoms with Gasteiger partial charge in [-0.05, 0) is 72.7 Å². The van der Waals surface area contributed by atoms with Crippen LogP contribution in [0.2, 0.25) is 0 Å². The van der Waals surface area contributed by atoms with E-state index in [1.165, 1.54) is 5.56 Å². The van der Waals surface area contributed by atoms with Crippen molar-refractivity contribution in [1.29, 1.82) is 5.26 Å². The van der Waals surface area contributed by atoms with Crippen molar-refractivity contribution in [3.05, 3.63) is 59.6 Å². The van der Waals surface area contributed by atoms with Crippen LogP contribution in [0.15, 0.2) is 42.0 Å². The van der Waals surface area contributed by atoms with Gasteiger partial charge in [-0.3, -0.25) is 4.99 Å². The van der Waals surface area contributed by atoms with Crippen LogP contribution in [0.5, 0.6) is 0 Å². The molecule has 1 N–H and O–H groups in total. The third-order valence-electron chi connectivity index (χ3n) is 5.49. The predicted molar refractivity (Wildman–Crippen MR) is 126 cm³/mol. The van der Waals surface area contributed by atoms with Gasteiger partial charge in [-0.25, -0.2) is 4.39 Å². The van der Waals surface area contributed by atoms with E-state index in [0.717, 1.165) is 48.1 Å². The number of halogens is 1. The Labute approximate surface area is 180 Å². The first kappa shape index (κ1) is 23.3. The topological polar surface area (TPSA) is 48.2 Å². The van der Waals surface area contributed by atoms with Crippen LogP contribution in [0, 0.1) is 17.1 Å². The molecule has 0 saturated carbocycles. The number of hydrogen-bond donors (Lipinski definition) is 1. The lowest BCUT2D eigenvalue weighted by molar-refractivity contribution is 0.614. The van der Waals surface area contributed by atoms with Crippen LogP contribution in [-0.2, 0) is 12.8 Å². The summed E-state index contributed by atoms with van der Waals surface area (Å²) in [7, 11) is 0. The maximum Gasteiger partial charge on any atom is 0.130 e. The van der Waals surface area contributed by atoms with Crippen molar-refractivity contribution >= 4 is 17.6 Å². The summed E-state index contributed by atoms with van der Waals surface area (Å²) in [5, 5.41) is 12.3. The molecule has 0 saturated heterocycles. The summed E-state index contributed by atoms with van der Waals surface area (Å²) in [4.78, 5) is 4.57. The molecule has 2 rings (SSSR count). The van der Waals surface area contributed by atoms with Gasteiger partial charge in [-0.1, -0.05) is 45.9 Å². The van der Waals surface area contributed by atoms with Crippen molar-refractivity contribution in [2.45, 2.75) is 65.7 Å². The highest BCUT2D eigenvalue weighted by atomic mass is 19.1. The van der Waals surface area contributed by atoms with Crippen molar-refractivity contribution in [3.8, 4) is 17.2 Å². The molecule has 0 amide bonds. The molecule has 158 valence electrons. The van der Waals surface area contributed by atoms with Gasteiger partial charge < -0.3 is 5.32 Å². The van der Waals surface area contributed by atoms with Crippen molar-refractivity contribution in [3.63, 3.8) is 0 Å². The van der Waals surface area contributed by atoms with Crippen LogP contribution in [0.1, 0.15) is 69.6 Å². The Bertz CT molecular complexity index is 954. The fourth-order valence-electron chi connectivity index (χ4n) is 3.75. The van der Waals surface area contributed by atoms with Gasteiger partial charge in [0.25, 0.3) is 0 Å². The molecule has 1 atom stereocenters. The lowest BCUT2D eigenvalue weighted by Crippen LogP contribution is -2.07. The molecular weight excluding hydrogens is 373 g/mol. The number of anilines is 1. The van der Waals surface area contributed by atoms with E-state index in [1.807, 2.05) is 13.0 Å². The Hall–Kier alpha value is -2.93. The van der Waals surface area contributed by atoms with Crippen molar-refractivity contribution < 1.29 is 4.39 Å². The van der Waals surface area contributed by atoms with Crippen LogP contribution in [0.25, 0.3) is 11.1 Å². The zero-order chi connectivity index (χ0) is 22.1. The molecule has 4 heteroatoms. The molecule has 2 aromatic carbocycles. The SMILES string of the molecule is C=CNc1c(CC#N)c(F)cc(-c2ccc(CCCC)c(/N=C\C)c2)c1[C@H](C)CC. The van der Waals surface area contributed by atoms with E-state index in [0.29, 0.717) is 11.3 Å². The van der Waals surface area contributed by atoms with E-state index in [4.69, 9.17) is 0 Å². The Morgan fingerprint density at radius 3 is 2.67 bits per heavy atom. The molecule has 0 radical (unpaired) electrons. The average Bonchev–Trinajstić information content (AvgIpc) is 2.75. The molecule has 0 aliphatic rings. The van der Waals surface area contributed by atoms with Crippen molar-refractivity contribution in [2.75, 3.05) is 5.32 Å². The smallest absolute Gasteiger partial charge is 0.130 e. The molecule has 30 heavy (non-hydrogen) atoms. The Morgan fingerprint density at radius 2 is 2.07 bits per heavy atom. The minimum atomic E-state index is -0.376. The summed E-state index contributed by atoms with van der Waals surface area (Å²) in [6, 6.07) is 9.87. The van der Waals surface area contributed by atoms with Crippen LogP contribution < -0.4 is 5.32 Å². The van der Waals surface area contributed by atoms with Gasteiger partial charge in [0.15, 0.2) is 0 Å². The maximum absolute atomic E-state index is 15.1. The third-order valence-corrected chi connectivity index (χ3v) is 5.49. The summed E-state index contributed by atoms with van der Waals surface area (Å²) in [6.45, 7) is 12.1. The summed E-state index contributed by atoms with van der Waals surface area (Å²) in [6.07, 6.45) is 7.45. The van der Waals surface area contributed by atoms with Crippen LogP contribution in [0.4, 0.5) is 15.8 Å². The molecule has 3 nitrogen and oxygen atoms in total. The fourth-order valence-corrected chi connectivity index (χ4v) is 3.75. The number of nitrogens with zero attached hydrogens (tertiary/aromatic N) is 2. The number of rotatable bonds is 10.